The van der Waals surface area contributed by atoms with E-state index in [0.717, 1.165) is 30.2 Å². The highest BCUT2D eigenvalue weighted by molar-refractivity contribution is 7.90. The molecule has 0 amide bonds. The Morgan fingerprint density at radius 3 is 2.21 bits per heavy atom. The van der Waals surface area contributed by atoms with Crippen molar-refractivity contribution in [1.29, 1.82) is 5.26 Å². The summed E-state index contributed by atoms with van der Waals surface area (Å²) < 4.78 is 49.4. The Bertz CT molecular complexity index is 1320. The van der Waals surface area contributed by atoms with E-state index in [1.807, 2.05) is 18.2 Å². The lowest BCUT2D eigenvalue weighted by atomic mass is 9.87. The zero-order valence-corrected chi connectivity index (χ0v) is 20.4. The molecule has 0 aliphatic rings. The zero-order valence-electron chi connectivity index (χ0n) is 18.8. The van der Waals surface area contributed by atoms with Crippen LogP contribution in [0.5, 0.6) is 0 Å². The molecule has 0 saturated carbocycles. The maximum atomic E-state index is 11.7. The number of benzene rings is 2. The summed E-state index contributed by atoms with van der Waals surface area (Å²) in [6.07, 6.45) is 9.81. The zero-order chi connectivity index (χ0) is 25.2. The van der Waals surface area contributed by atoms with Gasteiger partial charge in [-0.15, -0.1) is 6.58 Å². The van der Waals surface area contributed by atoms with E-state index in [2.05, 4.69) is 22.1 Å². The summed E-state index contributed by atoms with van der Waals surface area (Å²) in [5.41, 5.74) is 10.0. The van der Waals surface area contributed by atoms with Gasteiger partial charge in [0.2, 0.25) is 0 Å². The highest BCUT2D eigenvalue weighted by Crippen LogP contribution is 2.27. The Hall–Kier alpha value is -3.38. The summed E-state index contributed by atoms with van der Waals surface area (Å²) in [4.78, 5) is 2.51. The van der Waals surface area contributed by atoms with E-state index in [4.69, 9.17) is 5.53 Å². The first-order valence-corrected chi connectivity index (χ1v) is 13.8. The molecule has 0 fully saturated rings. The summed E-state index contributed by atoms with van der Waals surface area (Å²) in [5.74, 6) is -0.241. The van der Waals surface area contributed by atoms with Crippen LogP contribution in [0.25, 0.3) is 10.4 Å². The van der Waals surface area contributed by atoms with E-state index in [1.54, 1.807) is 24.3 Å². The van der Waals surface area contributed by atoms with Gasteiger partial charge in [-0.05, 0) is 72.5 Å². The van der Waals surface area contributed by atoms with Crippen LogP contribution in [0.3, 0.4) is 0 Å². The van der Waals surface area contributed by atoms with Crippen LogP contribution in [0.15, 0.2) is 87.6 Å². The number of hydrogen-bond donors (Lipinski definition) is 0. The lowest BCUT2D eigenvalue weighted by Crippen LogP contribution is -2.05. The van der Waals surface area contributed by atoms with Gasteiger partial charge in [-0.25, -0.2) is 16.8 Å². The minimum atomic E-state index is -3.98. The van der Waals surface area contributed by atoms with Gasteiger partial charge in [0, 0.05) is 15.7 Å². The summed E-state index contributed by atoms with van der Waals surface area (Å²) in [5, 5.41) is 9.61. The maximum Gasteiger partial charge on any atom is 0.264 e. The molecule has 2 aromatic carbocycles. The van der Waals surface area contributed by atoms with Crippen LogP contribution in [-0.4, -0.2) is 23.1 Å². The SMILES string of the molecule is C=CC(CC/C=C/Cc1ccc(S(=O)(=O)N=[N+]=[N-])cc1)CC(C#N)c1ccc(S(C)(=O)=O)cc1. The predicted octanol–water partition coefficient (Wildman–Crippen LogP) is 5.47. The number of azide groups is 1. The lowest BCUT2D eigenvalue weighted by Gasteiger charge is -2.16. The molecule has 0 aliphatic carbocycles. The Morgan fingerprint density at radius 2 is 1.68 bits per heavy atom. The third kappa shape index (κ3) is 7.89. The number of sulfone groups is 1. The summed E-state index contributed by atoms with van der Waals surface area (Å²) in [6, 6.07) is 14.9. The molecule has 2 atom stereocenters. The van der Waals surface area contributed by atoms with Gasteiger partial charge in [-0.3, -0.25) is 0 Å². The Labute approximate surface area is 200 Å². The van der Waals surface area contributed by atoms with E-state index < -0.39 is 19.9 Å². The molecule has 0 spiro atoms. The molecule has 0 aliphatic heterocycles. The molecule has 8 nitrogen and oxygen atoms in total. The van der Waals surface area contributed by atoms with Gasteiger partial charge in [-0.1, -0.05) is 42.5 Å². The van der Waals surface area contributed by atoms with Crippen molar-refractivity contribution in [3.05, 3.63) is 94.9 Å². The van der Waals surface area contributed by atoms with Crippen molar-refractivity contribution >= 4 is 19.9 Å². The highest BCUT2D eigenvalue weighted by Gasteiger charge is 2.17. The molecule has 34 heavy (non-hydrogen) atoms. The summed E-state index contributed by atoms with van der Waals surface area (Å²) in [7, 11) is -7.26. The van der Waals surface area contributed by atoms with Crippen LogP contribution < -0.4 is 0 Å². The van der Waals surface area contributed by atoms with Gasteiger partial charge in [0.15, 0.2) is 9.84 Å². The second-order valence-electron chi connectivity index (χ2n) is 7.80. The minimum absolute atomic E-state index is 0.0511. The number of hydrogen-bond acceptors (Lipinski definition) is 5. The fourth-order valence-electron chi connectivity index (χ4n) is 3.39. The van der Waals surface area contributed by atoms with Crippen molar-refractivity contribution in [1.82, 2.24) is 0 Å². The van der Waals surface area contributed by atoms with Crippen LogP contribution in [0.1, 0.15) is 36.3 Å². The molecule has 0 bridgehead atoms. The maximum absolute atomic E-state index is 11.7. The minimum Gasteiger partial charge on any atom is -0.224 e. The lowest BCUT2D eigenvalue weighted by molar-refractivity contribution is 0.526. The Morgan fingerprint density at radius 1 is 1.06 bits per heavy atom. The number of nitrogens with zero attached hydrogens (tertiary/aromatic N) is 4. The monoisotopic (exact) mass is 498 g/mol. The van der Waals surface area contributed by atoms with Gasteiger partial charge in [0.25, 0.3) is 10.0 Å². The first-order chi connectivity index (χ1) is 16.1. The third-order valence-electron chi connectivity index (χ3n) is 5.33. The van der Waals surface area contributed by atoms with Crippen molar-refractivity contribution in [3.8, 4) is 6.07 Å². The molecule has 10 heteroatoms. The van der Waals surface area contributed by atoms with Crippen molar-refractivity contribution in [3.63, 3.8) is 0 Å². The van der Waals surface area contributed by atoms with E-state index >= 15 is 0 Å². The first kappa shape index (κ1) is 26.9. The third-order valence-corrected chi connectivity index (χ3v) is 7.61. The van der Waals surface area contributed by atoms with Crippen molar-refractivity contribution in [2.75, 3.05) is 6.26 Å². The van der Waals surface area contributed by atoms with Crippen LogP contribution >= 0.6 is 0 Å². The highest BCUT2D eigenvalue weighted by atomic mass is 32.2. The summed E-state index contributed by atoms with van der Waals surface area (Å²) in [6.45, 7) is 3.88. The average Bonchev–Trinajstić information content (AvgIpc) is 2.80. The van der Waals surface area contributed by atoms with Crippen LogP contribution in [-0.2, 0) is 26.3 Å². The fourth-order valence-corrected chi connectivity index (χ4v) is 4.69. The average molecular weight is 499 g/mol. The second-order valence-corrected chi connectivity index (χ2v) is 11.4. The summed E-state index contributed by atoms with van der Waals surface area (Å²) >= 11 is 0. The largest absolute Gasteiger partial charge is 0.264 e. The van der Waals surface area contributed by atoms with E-state index in [-0.39, 0.29) is 21.6 Å². The van der Waals surface area contributed by atoms with E-state index in [9.17, 15) is 22.1 Å². The van der Waals surface area contributed by atoms with Gasteiger partial charge < -0.3 is 0 Å². The molecule has 2 aromatic rings. The molecule has 2 unspecified atom stereocenters. The molecular formula is C24H26N4O4S2. The predicted molar refractivity (Wildman–Crippen MR) is 131 cm³/mol. The first-order valence-electron chi connectivity index (χ1n) is 10.5. The molecule has 178 valence electrons. The fraction of sp³-hybridized carbons (Fsp3) is 0.292. The quantitative estimate of drug-likeness (QED) is 0.165. The van der Waals surface area contributed by atoms with Gasteiger partial charge >= 0.3 is 0 Å². The smallest absolute Gasteiger partial charge is 0.224 e. The standard InChI is InChI=1S/C24H26N4O4S2/c1-3-19(17-22(18-25)21-11-15-23(16-12-21)33(2,29)30)7-5-4-6-8-20-9-13-24(14-10-20)34(31,32)28-27-26/h3-4,6,9-16,19,22H,1,5,7-8,17H2,2H3/b6-4+. The van der Waals surface area contributed by atoms with Crippen molar-refractivity contribution in [2.45, 2.75) is 41.4 Å². The van der Waals surface area contributed by atoms with Crippen LogP contribution in [0.2, 0.25) is 0 Å². The molecule has 0 saturated heterocycles. The molecule has 0 aromatic heterocycles. The number of nitriles is 1. The van der Waals surface area contributed by atoms with E-state index in [0.29, 0.717) is 12.8 Å². The molecule has 0 heterocycles. The molecule has 0 N–H and O–H groups in total. The topological polar surface area (TPSA) is 141 Å². The Kier molecular flexibility index (Phi) is 9.63. The van der Waals surface area contributed by atoms with Crippen molar-refractivity contribution in [2.24, 2.45) is 10.4 Å². The number of allylic oxidation sites excluding steroid dienone is 3. The molecular weight excluding hydrogens is 472 g/mol. The van der Waals surface area contributed by atoms with Crippen molar-refractivity contribution < 1.29 is 16.8 Å². The van der Waals surface area contributed by atoms with Gasteiger partial charge in [0.05, 0.1) is 21.8 Å². The number of rotatable bonds is 12. The van der Waals surface area contributed by atoms with Crippen LogP contribution in [0.4, 0.5) is 0 Å². The van der Waals surface area contributed by atoms with Gasteiger partial charge in [-0.2, -0.15) is 5.26 Å². The van der Waals surface area contributed by atoms with Gasteiger partial charge in [0.1, 0.15) is 0 Å². The normalized spacial score (nSPS) is 13.5. The molecule has 2 rings (SSSR count). The number of sulfonamides is 1. The second kappa shape index (κ2) is 12.2. The molecule has 0 radical (unpaired) electrons. The van der Waals surface area contributed by atoms with Crippen LogP contribution in [0, 0.1) is 17.2 Å². The Balaban J connectivity index is 1.89. The van der Waals surface area contributed by atoms with E-state index in [1.165, 1.54) is 24.3 Å².